The van der Waals surface area contributed by atoms with Gasteiger partial charge in [0, 0.05) is 106 Å². The Bertz CT molecular complexity index is 1940. The number of hydrogen-bond donors (Lipinski definition) is 0. The minimum Gasteiger partial charge on any atom is -0.378 e. The van der Waals surface area contributed by atoms with Gasteiger partial charge < -0.3 is 38.9 Å². The summed E-state index contributed by atoms with van der Waals surface area (Å²) in [6.45, 7) is 14.9. The van der Waals surface area contributed by atoms with E-state index in [4.69, 9.17) is 19.4 Å². The van der Waals surface area contributed by atoms with Gasteiger partial charge in [-0.25, -0.2) is 18.7 Å². The van der Waals surface area contributed by atoms with E-state index in [1.54, 1.807) is 12.1 Å². The van der Waals surface area contributed by atoms with Crippen molar-refractivity contribution in [3.05, 3.63) is 96.8 Å². The number of morpholine rings is 2. The number of nitrogens with zero attached hydrogens (tertiary/aromatic N) is 8. The molecule has 0 bridgehead atoms. The normalized spacial score (nSPS) is 24.3. The third-order valence-corrected chi connectivity index (χ3v) is 12.9. The van der Waals surface area contributed by atoms with E-state index < -0.39 is 0 Å². The minimum atomic E-state index is -0.158. The molecule has 10 rings (SSSR count). The molecule has 4 aromatic rings. The van der Waals surface area contributed by atoms with E-state index in [-0.39, 0.29) is 11.6 Å². The topological polar surface area (TPSA) is 63.7 Å². The number of aromatic nitrogens is 2. The first kappa shape index (κ1) is 41.1. The number of rotatable bonds is 6. The average molecular weight is 809 g/mol. The lowest BCUT2D eigenvalue weighted by atomic mass is 9.87. The summed E-state index contributed by atoms with van der Waals surface area (Å²) in [6.07, 6.45) is 11.8. The van der Waals surface area contributed by atoms with Crippen LogP contribution in [0.25, 0.3) is 0 Å². The highest BCUT2D eigenvalue weighted by atomic mass is 19.1. The summed E-state index contributed by atoms with van der Waals surface area (Å²) >= 11 is 0. The van der Waals surface area contributed by atoms with Crippen LogP contribution in [0.15, 0.2) is 85.2 Å². The van der Waals surface area contributed by atoms with Gasteiger partial charge in [-0.1, -0.05) is 26.0 Å². The summed E-state index contributed by atoms with van der Waals surface area (Å²) in [5.74, 6) is 1.83. The maximum Gasteiger partial charge on any atom is 0.130 e. The van der Waals surface area contributed by atoms with E-state index in [1.807, 2.05) is 50.5 Å². The number of halogens is 2. The third kappa shape index (κ3) is 9.39. The number of hydrogen-bond acceptors (Lipinski definition) is 10. The van der Waals surface area contributed by atoms with E-state index in [1.165, 1.54) is 36.3 Å². The monoisotopic (exact) mass is 808 g/mol. The number of piperidine rings is 3. The Morgan fingerprint density at radius 2 is 0.864 bits per heavy atom. The number of fused-ring (bicyclic) bond motifs is 2. The SMILES string of the molecule is CC.Fc1cccc(N2CCC[C@@H]3[C@H]2CCCN3c2cc(N3CCOCC3)ccn2)c1.Fc1cccc(N2CCC[C@@H]3[C@H]2CCN3c2cc(N3CCOCC3)ccn2)c1. The summed E-state index contributed by atoms with van der Waals surface area (Å²) < 4.78 is 38.6. The number of ether oxygens (including phenoxy) is 2. The molecule has 4 atom stereocenters. The molecule has 6 aliphatic rings. The molecule has 2 aromatic heterocycles. The molecule has 12 heteroatoms. The molecular weight excluding hydrogens is 747 g/mol. The van der Waals surface area contributed by atoms with Crippen molar-refractivity contribution >= 4 is 34.4 Å². The van der Waals surface area contributed by atoms with Gasteiger partial charge in [-0.05, 0) is 93.5 Å². The molecular formula is C47H62F2N8O2. The van der Waals surface area contributed by atoms with Crippen LogP contribution in [0.1, 0.15) is 58.8 Å². The lowest BCUT2D eigenvalue weighted by Crippen LogP contribution is -2.59. The Hall–Kier alpha value is -4.68. The summed E-state index contributed by atoms with van der Waals surface area (Å²) in [7, 11) is 0. The van der Waals surface area contributed by atoms with Gasteiger partial charge in [-0.3, -0.25) is 0 Å². The Balaban J connectivity index is 0.000000158. The van der Waals surface area contributed by atoms with Crippen molar-refractivity contribution in [1.82, 2.24) is 9.97 Å². The molecule has 0 aliphatic carbocycles. The predicted molar refractivity (Wildman–Crippen MR) is 236 cm³/mol. The molecule has 6 saturated heterocycles. The van der Waals surface area contributed by atoms with Crippen LogP contribution in [0.5, 0.6) is 0 Å². The molecule has 59 heavy (non-hydrogen) atoms. The summed E-state index contributed by atoms with van der Waals surface area (Å²) in [5.41, 5.74) is 4.48. The van der Waals surface area contributed by atoms with Crippen molar-refractivity contribution in [2.75, 3.05) is 108 Å². The standard InChI is InChI=1S/C23H29FN4O.C22H27FN4O.C2H6/c24-18-4-1-5-20(16-18)27-10-2-7-22-21(27)6-3-11-28(22)23-17-19(8-9-25-23)26-12-14-29-15-13-26;23-17-3-1-4-19(15-17)26-9-2-5-20-21(26)7-10-27(20)22-16-18(6-8-24-22)25-11-13-28-14-12-25;1-2/h1,4-5,8-9,16-17,21-22H,2-3,6-7,10-15H2;1,3-4,6,8,15-16,20-21H,2,5,7,9-14H2;1-2H3/t21-,22-;20-,21-;/m11./s1. The maximum atomic E-state index is 13.8. The highest BCUT2D eigenvalue weighted by Gasteiger charge is 2.41. The molecule has 2 aromatic carbocycles. The maximum absolute atomic E-state index is 13.8. The Kier molecular flexibility index (Phi) is 13.6. The van der Waals surface area contributed by atoms with Crippen molar-refractivity contribution in [3.8, 4) is 0 Å². The van der Waals surface area contributed by atoms with Crippen LogP contribution in [-0.4, -0.2) is 113 Å². The van der Waals surface area contributed by atoms with Crippen molar-refractivity contribution in [1.29, 1.82) is 0 Å². The average Bonchev–Trinajstić information content (AvgIpc) is 3.75. The summed E-state index contributed by atoms with van der Waals surface area (Å²) in [4.78, 5) is 24.0. The zero-order chi connectivity index (χ0) is 40.6. The third-order valence-electron chi connectivity index (χ3n) is 12.9. The predicted octanol–water partition coefficient (Wildman–Crippen LogP) is 8.03. The first-order valence-electron chi connectivity index (χ1n) is 22.2. The summed E-state index contributed by atoms with van der Waals surface area (Å²) in [5, 5.41) is 0. The molecule has 6 fully saturated rings. The Morgan fingerprint density at radius 1 is 0.458 bits per heavy atom. The molecule has 0 radical (unpaired) electrons. The second-order valence-electron chi connectivity index (χ2n) is 16.2. The molecule has 0 amide bonds. The molecule has 0 spiro atoms. The van der Waals surface area contributed by atoms with Gasteiger partial charge in [0.2, 0.25) is 0 Å². The van der Waals surface area contributed by atoms with Crippen LogP contribution < -0.4 is 29.4 Å². The molecule has 0 N–H and O–H groups in total. The fourth-order valence-corrected chi connectivity index (χ4v) is 10.3. The van der Waals surface area contributed by atoms with Crippen LogP contribution in [0.4, 0.5) is 43.2 Å². The van der Waals surface area contributed by atoms with E-state index >= 15 is 0 Å². The molecule has 6 aliphatic heterocycles. The molecule has 8 heterocycles. The largest absolute Gasteiger partial charge is 0.378 e. The second kappa shape index (κ2) is 19.6. The lowest BCUT2D eigenvalue weighted by Gasteiger charge is -2.50. The molecule has 0 saturated carbocycles. The van der Waals surface area contributed by atoms with Crippen LogP contribution >= 0.6 is 0 Å². The van der Waals surface area contributed by atoms with Crippen LogP contribution in [-0.2, 0) is 9.47 Å². The Labute approximate surface area is 349 Å². The zero-order valence-corrected chi connectivity index (χ0v) is 35.0. The zero-order valence-electron chi connectivity index (χ0n) is 35.0. The van der Waals surface area contributed by atoms with E-state index in [0.717, 1.165) is 134 Å². The lowest BCUT2D eigenvalue weighted by molar-refractivity contribution is 0.122. The van der Waals surface area contributed by atoms with Gasteiger partial charge in [0.05, 0.1) is 44.6 Å². The van der Waals surface area contributed by atoms with Gasteiger partial charge in [0.1, 0.15) is 23.3 Å². The van der Waals surface area contributed by atoms with E-state index in [9.17, 15) is 8.78 Å². The van der Waals surface area contributed by atoms with Crippen molar-refractivity contribution in [2.24, 2.45) is 0 Å². The first-order chi connectivity index (χ1) is 29.1. The summed E-state index contributed by atoms with van der Waals surface area (Å²) in [6, 6.07) is 24.5. The fourth-order valence-electron chi connectivity index (χ4n) is 10.3. The van der Waals surface area contributed by atoms with E-state index in [0.29, 0.717) is 24.2 Å². The smallest absolute Gasteiger partial charge is 0.130 e. The van der Waals surface area contributed by atoms with Gasteiger partial charge in [-0.2, -0.15) is 0 Å². The van der Waals surface area contributed by atoms with Crippen LogP contribution in [0, 0.1) is 11.6 Å². The second-order valence-corrected chi connectivity index (χ2v) is 16.2. The molecule has 316 valence electrons. The number of pyridine rings is 2. The van der Waals surface area contributed by atoms with Gasteiger partial charge >= 0.3 is 0 Å². The quantitative estimate of drug-likeness (QED) is 0.192. The fraction of sp³-hybridized carbons (Fsp3) is 0.532. The highest BCUT2D eigenvalue weighted by Crippen LogP contribution is 2.38. The highest BCUT2D eigenvalue weighted by molar-refractivity contribution is 5.59. The van der Waals surface area contributed by atoms with Gasteiger partial charge in [-0.15, -0.1) is 0 Å². The minimum absolute atomic E-state index is 0.155. The molecule has 0 unspecified atom stereocenters. The van der Waals surface area contributed by atoms with Crippen molar-refractivity contribution in [2.45, 2.75) is 83.0 Å². The van der Waals surface area contributed by atoms with Crippen molar-refractivity contribution < 1.29 is 18.3 Å². The first-order valence-corrected chi connectivity index (χ1v) is 22.2. The van der Waals surface area contributed by atoms with Crippen molar-refractivity contribution in [3.63, 3.8) is 0 Å². The number of anilines is 6. The van der Waals surface area contributed by atoms with Gasteiger partial charge in [0.25, 0.3) is 0 Å². The van der Waals surface area contributed by atoms with Crippen LogP contribution in [0.3, 0.4) is 0 Å². The van der Waals surface area contributed by atoms with Gasteiger partial charge in [0.15, 0.2) is 0 Å². The Morgan fingerprint density at radius 3 is 1.32 bits per heavy atom. The van der Waals surface area contributed by atoms with Crippen LogP contribution in [0.2, 0.25) is 0 Å². The molecule has 10 nitrogen and oxygen atoms in total. The number of benzene rings is 2. The van der Waals surface area contributed by atoms with E-state index in [2.05, 4.69) is 53.7 Å².